The van der Waals surface area contributed by atoms with Crippen molar-refractivity contribution in [1.29, 1.82) is 0 Å². The minimum Gasteiger partial charge on any atom is -0.490 e. The third-order valence-electron chi connectivity index (χ3n) is 3.26. The lowest BCUT2D eigenvalue weighted by Crippen LogP contribution is -2.24. The number of hydrogen-bond acceptors (Lipinski definition) is 4. The molecule has 2 rings (SSSR count). The maximum absolute atomic E-state index is 12.2. The van der Waals surface area contributed by atoms with Gasteiger partial charge in [-0.2, -0.15) is 0 Å². The van der Waals surface area contributed by atoms with Crippen LogP contribution in [0, 0.1) is 5.92 Å². The first kappa shape index (κ1) is 15.4. The number of nitrogens with one attached hydrogen (secondary N) is 1. The molecule has 21 heavy (non-hydrogen) atoms. The molecule has 1 aromatic carbocycles. The molecule has 0 heterocycles. The molecule has 1 aromatic rings. The fraction of sp³-hybridized carbons (Fsp3) is 0.438. The van der Waals surface area contributed by atoms with E-state index in [1.54, 1.807) is 12.1 Å². The molecule has 0 saturated carbocycles. The van der Waals surface area contributed by atoms with Gasteiger partial charge in [-0.1, -0.05) is 12.2 Å². The van der Waals surface area contributed by atoms with Gasteiger partial charge < -0.3 is 20.5 Å². The van der Waals surface area contributed by atoms with Gasteiger partial charge in [-0.15, -0.1) is 0 Å². The summed E-state index contributed by atoms with van der Waals surface area (Å²) in [6.45, 7) is 4.93. The number of carbonyl (C=O) groups excluding carboxylic acids is 1. The zero-order valence-corrected chi connectivity index (χ0v) is 12.5. The Kier molecular flexibility index (Phi) is 5.22. The van der Waals surface area contributed by atoms with E-state index < -0.39 is 0 Å². The second-order valence-corrected chi connectivity index (χ2v) is 4.91. The quantitative estimate of drug-likeness (QED) is 0.789. The first-order valence-corrected chi connectivity index (χ1v) is 7.28. The highest BCUT2D eigenvalue weighted by molar-refractivity contribution is 5.94. The standard InChI is InChI=1S/C16H22N2O3/c1-3-20-14-8-7-13(10-15(14)21-4-2)18-16(19)11-5-6-12(17)9-11/h5-8,10-12H,3-4,9,17H2,1-2H3,(H,18,19). The van der Waals surface area contributed by atoms with Crippen molar-refractivity contribution in [3.05, 3.63) is 30.4 Å². The predicted octanol–water partition coefficient (Wildman–Crippen LogP) is 2.33. The molecule has 0 fully saturated rings. The molecule has 0 saturated heterocycles. The van der Waals surface area contributed by atoms with Crippen molar-refractivity contribution in [2.45, 2.75) is 26.3 Å². The Hall–Kier alpha value is -2.01. The van der Waals surface area contributed by atoms with Crippen LogP contribution < -0.4 is 20.5 Å². The topological polar surface area (TPSA) is 73.6 Å². The lowest BCUT2D eigenvalue weighted by Gasteiger charge is -2.14. The summed E-state index contributed by atoms with van der Waals surface area (Å²) < 4.78 is 11.0. The van der Waals surface area contributed by atoms with Crippen LogP contribution >= 0.6 is 0 Å². The smallest absolute Gasteiger partial charge is 0.231 e. The zero-order valence-electron chi connectivity index (χ0n) is 12.5. The Bertz CT molecular complexity index is 528. The molecule has 5 heteroatoms. The van der Waals surface area contributed by atoms with E-state index in [-0.39, 0.29) is 17.9 Å². The van der Waals surface area contributed by atoms with Crippen LogP contribution in [0.15, 0.2) is 30.4 Å². The summed E-state index contributed by atoms with van der Waals surface area (Å²) >= 11 is 0. The molecule has 2 unspecified atom stereocenters. The number of nitrogens with two attached hydrogens (primary N) is 1. The van der Waals surface area contributed by atoms with Gasteiger partial charge in [0.1, 0.15) is 0 Å². The van der Waals surface area contributed by atoms with Gasteiger partial charge in [0.15, 0.2) is 11.5 Å². The highest BCUT2D eigenvalue weighted by Gasteiger charge is 2.22. The van der Waals surface area contributed by atoms with E-state index >= 15 is 0 Å². The fourth-order valence-electron chi connectivity index (χ4n) is 2.29. The normalized spacial score (nSPS) is 20.3. The minimum atomic E-state index is -0.165. The molecular weight excluding hydrogens is 268 g/mol. The van der Waals surface area contributed by atoms with Crippen LogP contribution in [0.2, 0.25) is 0 Å². The molecule has 1 aliphatic carbocycles. The Morgan fingerprint density at radius 3 is 2.57 bits per heavy atom. The Morgan fingerprint density at radius 1 is 1.24 bits per heavy atom. The fourth-order valence-corrected chi connectivity index (χ4v) is 2.29. The number of anilines is 1. The van der Waals surface area contributed by atoms with Crippen molar-refractivity contribution in [1.82, 2.24) is 0 Å². The Labute approximate surface area is 125 Å². The van der Waals surface area contributed by atoms with Crippen LogP contribution in [0.1, 0.15) is 20.3 Å². The molecule has 0 spiro atoms. The molecule has 0 radical (unpaired) electrons. The van der Waals surface area contributed by atoms with Gasteiger partial charge in [0.05, 0.1) is 19.1 Å². The van der Waals surface area contributed by atoms with Gasteiger partial charge in [0.2, 0.25) is 5.91 Å². The Morgan fingerprint density at radius 2 is 1.95 bits per heavy atom. The van der Waals surface area contributed by atoms with Gasteiger partial charge in [-0.3, -0.25) is 4.79 Å². The van der Waals surface area contributed by atoms with Crippen LogP contribution in [0.3, 0.4) is 0 Å². The summed E-state index contributed by atoms with van der Waals surface area (Å²) in [5, 5.41) is 2.89. The number of benzene rings is 1. The molecular formula is C16H22N2O3. The first-order chi connectivity index (χ1) is 10.1. The summed E-state index contributed by atoms with van der Waals surface area (Å²) in [5.74, 6) is 1.10. The van der Waals surface area contributed by atoms with E-state index in [4.69, 9.17) is 15.2 Å². The van der Waals surface area contributed by atoms with E-state index in [1.165, 1.54) is 0 Å². The van der Waals surface area contributed by atoms with Crippen molar-refractivity contribution in [3.8, 4) is 11.5 Å². The van der Waals surface area contributed by atoms with E-state index in [0.29, 0.717) is 36.8 Å². The maximum atomic E-state index is 12.2. The molecule has 0 aromatic heterocycles. The summed E-state index contributed by atoms with van der Waals surface area (Å²) in [4.78, 5) is 12.2. The number of rotatable bonds is 6. The third kappa shape index (κ3) is 3.98. The first-order valence-electron chi connectivity index (χ1n) is 7.28. The summed E-state index contributed by atoms with van der Waals surface area (Å²) in [5.41, 5.74) is 6.46. The molecule has 5 nitrogen and oxygen atoms in total. The van der Waals surface area contributed by atoms with Crippen LogP contribution in [-0.4, -0.2) is 25.2 Å². The molecule has 0 bridgehead atoms. The van der Waals surface area contributed by atoms with Crippen LogP contribution in [0.4, 0.5) is 5.69 Å². The van der Waals surface area contributed by atoms with E-state index in [2.05, 4.69) is 5.32 Å². The zero-order chi connectivity index (χ0) is 15.2. The third-order valence-corrected chi connectivity index (χ3v) is 3.26. The molecule has 3 N–H and O–H groups in total. The van der Waals surface area contributed by atoms with Crippen molar-refractivity contribution >= 4 is 11.6 Å². The summed E-state index contributed by atoms with van der Waals surface area (Å²) in [6.07, 6.45) is 4.38. The minimum absolute atomic E-state index is 0.0277. The van der Waals surface area contributed by atoms with E-state index in [0.717, 1.165) is 0 Å². The molecule has 2 atom stereocenters. The largest absolute Gasteiger partial charge is 0.490 e. The number of ether oxygens (including phenoxy) is 2. The predicted molar refractivity (Wildman–Crippen MR) is 82.6 cm³/mol. The lowest BCUT2D eigenvalue weighted by atomic mass is 10.1. The van der Waals surface area contributed by atoms with Crippen LogP contribution in [0.25, 0.3) is 0 Å². The second-order valence-electron chi connectivity index (χ2n) is 4.91. The lowest BCUT2D eigenvalue weighted by molar-refractivity contribution is -0.118. The van der Waals surface area contributed by atoms with Crippen molar-refractivity contribution in [2.24, 2.45) is 11.7 Å². The van der Waals surface area contributed by atoms with E-state index in [9.17, 15) is 4.79 Å². The van der Waals surface area contributed by atoms with Crippen LogP contribution in [-0.2, 0) is 4.79 Å². The summed E-state index contributed by atoms with van der Waals surface area (Å²) in [6, 6.07) is 5.37. The second kappa shape index (κ2) is 7.13. The number of amides is 1. The van der Waals surface area contributed by atoms with Gasteiger partial charge in [-0.25, -0.2) is 0 Å². The summed E-state index contributed by atoms with van der Waals surface area (Å²) in [7, 11) is 0. The Balaban J connectivity index is 2.07. The van der Waals surface area contributed by atoms with Gasteiger partial charge in [-0.05, 0) is 32.4 Å². The highest BCUT2D eigenvalue weighted by atomic mass is 16.5. The van der Waals surface area contributed by atoms with Gasteiger partial charge in [0, 0.05) is 17.8 Å². The van der Waals surface area contributed by atoms with Crippen molar-refractivity contribution in [2.75, 3.05) is 18.5 Å². The van der Waals surface area contributed by atoms with Gasteiger partial charge in [0.25, 0.3) is 0 Å². The number of carbonyl (C=O) groups is 1. The highest BCUT2D eigenvalue weighted by Crippen LogP contribution is 2.31. The van der Waals surface area contributed by atoms with Gasteiger partial charge >= 0.3 is 0 Å². The molecule has 1 aliphatic rings. The average Bonchev–Trinajstić information content (AvgIpc) is 2.89. The van der Waals surface area contributed by atoms with Crippen molar-refractivity contribution in [3.63, 3.8) is 0 Å². The molecule has 1 amide bonds. The maximum Gasteiger partial charge on any atom is 0.231 e. The molecule has 0 aliphatic heterocycles. The van der Waals surface area contributed by atoms with E-state index in [1.807, 2.05) is 32.1 Å². The molecule has 114 valence electrons. The SMILES string of the molecule is CCOc1ccc(NC(=O)C2C=CC(N)C2)cc1OCC. The average molecular weight is 290 g/mol. The van der Waals surface area contributed by atoms with Crippen LogP contribution in [0.5, 0.6) is 11.5 Å². The van der Waals surface area contributed by atoms with Crippen molar-refractivity contribution < 1.29 is 14.3 Å². The number of hydrogen-bond donors (Lipinski definition) is 2. The monoisotopic (exact) mass is 290 g/mol.